The molecule has 2 heterocycles. The van der Waals surface area contributed by atoms with Gasteiger partial charge in [-0.1, -0.05) is 18.2 Å². The Kier molecular flexibility index (Phi) is 5.64. The first kappa shape index (κ1) is 20.3. The van der Waals surface area contributed by atoms with Gasteiger partial charge in [0, 0.05) is 33.7 Å². The quantitative estimate of drug-likeness (QED) is 0.305. The Morgan fingerprint density at radius 2 is 1.88 bits per heavy atom. The largest absolute Gasteiger partial charge is 0.497 e. The topological polar surface area (TPSA) is 72.6 Å². The van der Waals surface area contributed by atoms with Crippen molar-refractivity contribution in [2.45, 2.75) is 4.90 Å². The lowest BCUT2D eigenvalue weighted by molar-refractivity contribution is 0.0955. The van der Waals surface area contributed by atoms with E-state index in [1.54, 1.807) is 37.1 Å². The van der Waals surface area contributed by atoms with E-state index in [9.17, 15) is 4.79 Å². The highest BCUT2D eigenvalue weighted by Crippen LogP contribution is 2.38. The van der Waals surface area contributed by atoms with Crippen LogP contribution >= 0.6 is 11.8 Å². The fourth-order valence-electron chi connectivity index (χ4n) is 3.68. The van der Waals surface area contributed by atoms with Gasteiger partial charge < -0.3 is 24.5 Å². The van der Waals surface area contributed by atoms with Crippen molar-refractivity contribution in [1.82, 2.24) is 10.3 Å². The van der Waals surface area contributed by atoms with E-state index in [1.807, 2.05) is 24.3 Å². The van der Waals surface area contributed by atoms with Crippen LogP contribution in [0.25, 0.3) is 22.2 Å². The van der Waals surface area contributed by atoms with Crippen molar-refractivity contribution in [3.05, 3.63) is 72.3 Å². The summed E-state index contributed by atoms with van der Waals surface area (Å²) >= 11 is 1.72. The minimum absolute atomic E-state index is 0.127. The molecule has 162 valence electrons. The van der Waals surface area contributed by atoms with Crippen molar-refractivity contribution < 1.29 is 19.0 Å². The van der Waals surface area contributed by atoms with Gasteiger partial charge in [-0.05, 0) is 54.1 Å². The molecular weight excluding hydrogens is 424 g/mol. The Bertz CT molecular complexity index is 1270. The molecule has 1 amide bonds. The lowest BCUT2D eigenvalue weighted by atomic mass is 10.1. The Morgan fingerprint density at radius 3 is 2.72 bits per heavy atom. The fourth-order valence-corrected chi connectivity index (χ4v) is 4.74. The third-order valence-corrected chi connectivity index (χ3v) is 6.43. The van der Waals surface area contributed by atoms with E-state index in [2.05, 4.69) is 34.6 Å². The lowest BCUT2D eigenvalue weighted by Crippen LogP contribution is -2.25. The second-order valence-electron chi connectivity index (χ2n) is 7.28. The summed E-state index contributed by atoms with van der Waals surface area (Å²) in [7, 11) is 1.66. The molecule has 0 radical (unpaired) electrons. The van der Waals surface area contributed by atoms with E-state index >= 15 is 0 Å². The summed E-state index contributed by atoms with van der Waals surface area (Å²) in [5.41, 5.74) is 3.81. The van der Waals surface area contributed by atoms with E-state index in [4.69, 9.17) is 14.2 Å². The van der Waals surface area contributed by atoms with Gasteiger partial charge in [-0.2, -0.15) is 0 Å². The molecule has 6 nitrogen and oxygen atoms in total. The normalized spacial score (nSPS) is 12.2. The summed E-state index contributed by atoms with van der Waals surface area (Å²) in [5.74, 6) is 2.71. The lowest BCUT2D eigenvalue weighted by Gasteiger charge is -2.08. The molecule has 1 aliphatic rings. The number of para-hydroxylation sites is 1. The third kappa shape index (κ3) is 3.99. The molecule has 0 aliphatic carbocycles. The average Bonchev–Trinajstić information content (AvgIpc) is 3.46. The zero-order chi connectivity index (χ0) is 21.9. The molecule has 0 unspecified atom stereocenters. The molecule has 0 saturated heterocycles. The molecule has 7 heteroatoms. The maximum absolute atomic E-state index is 12.5. The van der Waals surface area contributed by atoms with Crippen molar-refractivity contribution in [2.24, 2.45) is 0 Å². The number of carbonyl (C=O) groups is 1. The number of nitrogens with one attached hydrogen (secondary N) is 2. The zero-order valence-corrected chi connectivity index (χ0v) is 18.3. The van der Waals surface area contributed by atoms with Gasteiger partial charge >= 0.3 is 0 Å². The first-order chi connectivity index (χ1) is 15.7. The number of aromatic nitrogens is 1. The molecule has 1 aliphatic heterocycles. The number of amides is 1. The Morgan fingerprint density at radius 1 is 1.06 bits per heavy atom. The van der Waals surface area contributed by atoms with Crippen molar-refractivity contribution in [3.63, 3.8) is 0 Å². The molecule has 0 atom stereocenters. The van der Waals surface area contributed by atoms with E-state index in [0.717, 1.165) is 28.3 Å². The highest BCUT2D eigenvalue weighted by Gasteiger charge is 2.17. The number of aromatic amines is 1. The van der Waals surface area contributed by atoms with Crippen LogP contribution in [0.1, 0.15) is 10.4 Å². The Balaban J connectivity index is 1.29. The van der Waals surface area contributed by atoms with Crippen molar-refractivity contribution in [1.29, 1.82) is 0 Å². The standard InChI is InChI=1S/C25H22N2O4S/c1-29-18-9-6-16(7-10-18)23-24(19-4-2-3-5-20(19)27-23)32-13-12-26-25(28)17-8-11-21-22(14-17)31-15-30-21/h2-11,14,27H,12-13,15H2,1H3,(H,26,28). The number of rotatable bonds is 7. The minimum atomic E-state index is -0.127. The molecule has 1 aromatic heterocycles. The number of carbonyl (C=O) groups excluding carboxylic acids is 1. The van der Waals surface area contributed by atoms with Gasteiger partial charge in [0.15, 0.2) is 11.5 Å². The third-order valence-electron chi connectivity index (χ3n) is 5.31. The predicted octanol–water partition coefficient (Wildman–Crippen LogP) is 5.09. The van der Waals surface area contributed by atoms with Crippen LogP contribution in [0.2, 0.25) is 0 Å². The monoisotopic (exact) mass is 446 g/mol. The van der Waals surface area contributed by atoms with Gasteiger partial charge in [-0.3, -0.25) is 4.79 Å². The van der Waals surface area contributed by atoms with Gasteiger partial charge in [0.25, 0.3) is 5.91 Å². The molecular formula is C25H22N2O4S. The molecule has 0 saturated carbocycles. The number of methoxy groups -OCH3 is 1. The minimum Gasteiger partial charge on any atom is -0.497 e. The van der Waals surface area contributed by atoms with E-state index in [0.29, 0.717) is 23.6 Å². The number of hydrogen-bond acceptors (Lipinski definition) is 5. The number of fused-ring (bicyclic) bond motifs is 2. The van der Waals surface area contributed by atoms with E-state index in [1.165, 1.54) is 10.3 Å². The molecule has 3 aromatic carbocycles. The van der Waals surface area contributed by atoms with Gasteiger partial charge in [-0.25, -0.2) is 0 Å². The van der Waals surface area contributed by atoms with Crippen LogP contribution in [-0.2, 0) is 0 Å². The summed E-state index contributed by atoms with van der Waals surface area (Å²) < 4.78 is 15.9. The van der Waals surface area contributed by atoms with Crippen LogP contribution in [-0.4, -0.2) is 37.1 Å². The molecule has 2 N–H and O–H groups in total. The first-order valence-electron chi connectivity index (χ1n) is 10.3. The van der Waals surface area contributed by atoms with Crippen molar-refractivity contribution in [2.75, 3.05) is 26.2 Å². The second kappa shape index (κ2) is 8.88. The molecule has 5 rings (SSSR count). The molecule has 4 aromatic rings. The van der Waals surface area contributed by atoms with Crippen LogP contribution in [0.4, 0.5) is 0 Å². The summed E-state index contributed by atoms with van der Waals surface area (Å²) in [6.07, 6.45) is 0. The smallest absolute Gasteiger partial charge is 0.251 e. The summed E-state index contributed by atoms with van der Waals surface area (Å²) in [5, 5.41) is 4.16. The number of H-pyrrole nitrogens is 1. The first-order valence-corrected chi connectivity index (χ1v) is 11.3. The summed E-state index contributed by atoms with van der Waals surface area (Å²) in [4.78, 5) is 17.2. The van der Waals surface area contributed by atoms with Crippen molar-refractivity contribution >= 4 is 28.6 Å². The van der Waals surface area contributed by atoms with Crippen LogP contribution in [0.5, 0.6) is 17.2 Å². The van der Waals surface area contributed by atoms with Crippen molar-refractivity contribution in [3.8, 4) is 28.5 Å². The molecule has 0 fully saturated rings. The Hall–Kier alpha value is -3.58. The molecule has 32 heavy (non-hydrogen) atoms. The number of hydrogen-bond donors (Lipinski definition) is 2. The number of thioether (sulfide) groups is 1. The van der Waals surface area contributed by atoms with Gasteiger partial charge in [0.1, 0.15) is 5.75 Å². The summed E-state index contributed by atoms with van der Waals surface area (Å²) in [6.45, 7) is 0.734. The average molecular weight is 447 g/mol. The number of ether oxygens (including phenoxy) is 3. The van der Waals surface area contributed by atoms with Gasteiger partial charge in [0.2, 0.25) is 6.79 Å². The molecule has 0 bridgehead atoms. The van der Waals surface area contributed by atoms with E-state index < -0.39 is 0 Å². The van der Waals surface area contributed by atoms with Gasteiger partial charge in [-0.15, -0.1) is 11.8 Å². The van der Waals surface area contributed by atoms with Crippen LogP contribution in [0, 0.1) is 0 Å². The predicted molar refractivity (Wildman–Crippen MR) is 126 cm³/mol. The maximum Gasteiger partial charge on any atom is 0.251 e. The zero-order valence-electron chi connectivity index (χ0n) is 17.5. The maximum atomic E-state index is 12.5. The SMILES string of the molecule is COc1ccc(-c2[nH]c3ccccc3c2SCCNC(=O)c2ccc3c(c2)OCO3)cc1. The second-order valence-corrected chi connectivity index (χ2v) is 8.38. The Labute approximate surface area is 189 Å². The van der Waals surface area contributed by atoms with Crippen LogP contribution < -0.4 is 19.5 Å². The summed E-state index contributed by atoms with van der Waals surface area (Å²) in [6, 6.07) is 21.5. The number of benzene rings is 3. The van der Waals surface area contributed by atoms with E-state index in [-0.39, 0.29) is 12.7 Å². The highest BCUT2D eigenvalue weighted by molar-refractivity contribution is 7.99. The fraction of sp³-hybridized carbons (Fsp3) is 0.160. The van der Waals surface area contributed by atoms with Crippen LogP contribution in [0.3, 0.4) is 0 Å². The van der Waals surface area contributed by atoms with Gasteiger partial charge in [0.05, 0.1) is 12.8 Å². The molecule has 0 spiro atoms. The highest BCUT2D eigenvalue weighted by atomic mass is 32.2. The van der Waals surface area contributed by atoms with Crippen LogP contribution in [0.15, 0.2) is 71.6 Å².